The van der Waals surface area contributed by atoms with Crippen molar-refractivity contribution in [1.82, 2.24) is 0 Å². The first-order chi connectivity index (χ1) is 7.95. The van der Waals surface area contributed by atoms with Gasteiger partial charge in [-0.3, -0.25) is 0 Å². The van der Waals surface area contributed by atoms with Crippen LogP contribution in [-0.4, -0.2) is 67.3 Å². The van der Waals surface area contributed by atoms with Crippen LogP contribution in [0.25, 0.3) is 0 Å². The van der Waals surface area contributed by atoms with Gasteiger partial charge in [-0.15, -0.1) is 0 Å². The Bertz CT molecular complexity index is 293. The summed E-state index contributed by atoms with van der Waals surface area (Å²) in [5.74, 6) is -1.53. The Balaban J connectivity index is 1.95. The van der Waals surface area contributed by atoms with E-state index in [2.05, 4.69) is 0 Å². The van der Waals surface area contributed by atoms with E-state index in [9.17, 15) is 30.6 Å². The van der Waals surface area contributed by atoms with Crippen LogP contribution in [0, 0.1) is 23.7 Å². The summed E-state index contributed by atoms with van der Waals surface area (Å²) in [6.45, 7) is 0. The minimum Gasteiger partial charge on any atom is -0.390 e. The van der Waals surface area contributed by atoms with E-state index >= 15 is 0 Å². The fourth-order valence-corrected chi connectivity index (χ4v) is 4.26. The molecule has 0 amide bonds. The van der Waals surface area contributed by atoms with Crippen LogP contribution in [0.4, 0.5) is 0 Å². The molecular weight excluding hydrogens is 228 g/mol. The van der Waals surface area contributed by atoms with Crippen LogP contribution in [0.1, 0.15) is 6.42 Å². The SMILES string of the molecule is OC1C(O)C(O)C2C3CC(C(O)C3O)C2C1O. The molecule has 0 spiro atoms. The van der Waals surface area contributed by atoms with Gasteiger partial charge >= 0.3 is 0 Å². The molecule has 6 nitrogen and oxygen atoms in total. The van der Waals surface area contributed by atoms with E-state index in [1.807, 2.05) is 0 Å². The maximum Gasteiger partial charge on any atom is 0.109 e. The Morgan fingerprint density at radius 1 is 0.471 bits per heavy atom. The van der Waals surface area contributed by atoms with Gasteiger partial charge < -0.3 is 30.6 Å². The van der Waals surface area contributed by atoms with Gasteiger partial charge in [0, 0.05) is 0 Å². The van der Waals surface area contributed by atoms with Crippen LogP contribution in [0.15, 0.2) is 0 Å². The lowest BCUT2D eigenvalue weighted by Gasteiger charge is -2.48. The maximum absolute atomic E-state index is 9.95. The first-order valence-corrected chi connectivity index (χ1v) is 6.03. The van der Waals surface area contributed by atoms with E-state index in [1.165, 1.54) is 0 Å². The molecule has 3 rings (SSSR count). The first kappa shape index (κ1) is 11.8. The van der Waals surface area contributed by atoms with E-state index in [0.29, 0.717) is 6.42 Å². The van der Waals surface area contributed by atoms with Crippen LogP contribution in [0.3, 0.4) is 0 Å². The highest BCUT2D eigenvalue weighted by Crippen LogP contribution is 2.57. The molecule has 3 aliphatic rings. The second-order valence-electron chi connectivity index (χ2n) is 5.66. The van der Waals surface area contributed by atoms with E-state index < -0.39 is 48.5 Å². The number of rotatable bonds is 0. The number of aliphatic hydroxyl groups is 6. The van der Waals surface area contributed by atoms with Crippen LogP contribution in [0.2, 0.25) is 0 Å². The normalized spacial score (nSPS) is 66.0. The lowest BCUT2D eigenvalue weighted by Crippen LogP contribution is -2.63. The molecule has 2 bridgehead atoms. The topological polar surface area (TPSA) is 121 Å². The van der Waals surface area contributed by atoms with Crippen molar-refractivity contribution in [3.8, 4) is 0 Å². The van der Waals surface area contributed by atoms with Crippen molar-refractivity contribution in [2.24, 2.45) is 23.7 Å². The minimum absolute atomic E-state index is 0.313. The summed E-state index contributed by atoms with van der Waals surface area (Å²) in [7, 11) is 0. The Morgan fingerprint density at radius 3 is 1.18 bits per heavy atom. The van der Waals surface area contributed by atoms with Crippen LogP contribution < -0.4 is 0 Å². The Kier molecular flexibility index (Phi) is 2.52. The third-order valence-corrected chi connectivity index (χ3v) is 5.04. The summed E-state index contributed by atoms with van der Waals surface area (Å²) >= 11 is 0. The van der Waals surface area contributed by atoms with Crippen molar-refractivity contribution in [3.63, 3.8) is 0 Å². The van der Waals surface area contributed by atoms with Gasteiger partial charge in [0.2, 0.25) is 0 Å². The summed E-state index contributed by atoms with van der Waals surface area (Å²) < 4.78 is 0. The zero-order valence-electron chi connectivity index (χ0n) is 9.16. The molecule has 0 aromatic heterocycles. The molecule has 10 unspecified atom stereocenters. The second-order valence-corrected chi connectivity index (χ2v) is 5.66. The zero-order valence-corrected chi connectivity index (χ0v) is 9.16. The molecule has 0 aliphatic heterocycles. The number of hydrogen-bond donors (Lipinski definition) is 6. The molecule has 10 atom stereocenters. The molecule has 0 heterocycles. The predicted octanol–water partition coefficient (Wildman–Crippen LogP) is -2.95. The van der Waals surface area contributed by atoms with Gasteiger partial charge in [-0.1, -0.05) is 0 Å². The highest BCUT2D eigenvalue weighted by molar-refractivity contribution is 5.14. The van der Waals surface area contributed by atoms with Gasteiger partial charge in [0.15, 0.2) is 0 Å². The molecular formula is C11H18O6. The number of fused-ring (bicyclic) bond motifs is 5. The fraction of sp³-hybridized carbons (Fsp3) is 1.00. The van der Waals surface area contributed by atoms with Crippen LogP contribution in [0.5, 0.6) is 0 Å². The Morgan fingerprint density at radius 2 is 0.824 bits per heavy atom. The predicted molar refractivity (Wildman–Crippen MR) is 54.6 cm³/mol. The summed E-state index contributed by atoms with van der Waals surface area (Å²) in [4.78, 5) is 0. The molecule has 6 N–H and O–H groups in total. The molecule has 3 saturated carbocycles. The largest absolute Gasteiger partial charge is 0.390 e. The van der Waals surface area contributed by atoms with Crippen LogP contribution in [-0.2, 0) is 0 Å². The molecule has 17 heavy (non-hydrogen) atoms. The lowest BCUT2D eigenvalue weighted by molar-refractivity contribution is -0.214. The molecule has 0 radical (unpaired) electrons. The van der Waals surface area contributed by atoms with Crippen molar-refractivity contribution in [2.45, 2.75) is 43.0 Å². The first-order valence-electron chi connectivity index (χ1n) is 6.03. The molecule has 0 aromatic rings. The highest BCUT2D eigenvalue weighted by Gasteiger charge is 2.65. The second kappa shape index (κ2) is 3.63. The lowest BCUT2D eigenvalue weighted by atomic mass is 9.64. The van der Waals surface area contributed by atoms with Crippen LogP contribution >= 0.6 is 0 Å². The van der Waals surface area contributed by atoms with Gasteiger partial charge in [0.05, 0.1) is 24.4 Å². The quantitative estimate of drug-likeness (QED) is 0.272. The van der Waals surface area contributed by atoms with Crippen molar-refractivity contribution < 1.29 is 30.6 Å². The van der Waals surface area contributed by atoms with Gasteiger partial charge in [0.25, 0.3) is 0 Å². The Labute approximate surface area is 98.1 Å². The molecule has 98 valence electrons. The third kappa shape index (κ3) is 1.31. The van der Waals surface area contributed by atoms with E-state index in [4.69, 9.17) is 0 Å². The van der Waals surface area contributed by atoms with Crippen molar-refractivity contribution in [2.75, 3.05) is 0 Å². The van der Waals surface area contributed by atoms with Gasteiger partial charge in [-0.25, -0.2) is 0 Å². The smallest absolute Gasteiger partial charge is 0.109 e. The summed E-state index contributed by atoms with van der Waals surface area (Å²) in [5.41, 5.74) is 0. The van der Waals surface area contributed by atoms with Gasteiger partial charge in [0.1, 0.15) is 12.2 Å². The zero-order chi connectivity index (χ0) is 12.5. The van der Waals surface area contributed by atoms with E-state index in [1.54, 1.807) is 0 Å². The van der Waals surface area contributed by atoms with Gasteiger partial charge in [-0.2, -0.15) is 0 Å². The average molecular weight is 246 g/mol. The monoisotopic (exact) mass is 246 g/mol. The van der Waals surface area contributed by atoms with Gasteiger partial charge in [-0.05, 0) is 30.1 Å². The molecule has 6 heteroatoms. The van der Waals surface area contributed by atoms with Crippen molar-refractivity contribution in [1.29, 1.82) is 0 Å². The van der Waals surface area contributed by atoms with E-state index in [-0.39, 0.29) is 11.8 Å². The third-order valence-electron chi connectivity index (χ3n) is 5.04. The average Bonchev–Trinajstić information content (AvgIpc) is 2.82. The number of aliphatic hydroxyl groups excluding tert-OH is 6. The summed E-state index contributed by atoms with van der Waals surface area (Å²) in [6, 6.07) is 0. The summed E-state index contributed by atoms with van der Waals surface area (Å²) in [6.07, 6.45) is -6.40. The minimum atomic E-state index is -1.39. The highest BCUT2D eigenvalue weighted by atomic mass is 16.4. The van der Waals surface area contributed by atoms with E-state index in [0.717, 1.165) is 0 Å². The molecule has 3 aliphatic carbocycles. The summed E-state index contributed by atoms with van der Waals surface area (Å²) in [5, 5.41) is 58.8. The van der Waals surface area contributed by atoms with Crippen molar-refractivity contribution in [3.05, 3.63) is 0 Å². The standard InChI is InChI=1S/C11H18O6/c12-6-2-1-3(7(6)13)5-4(2)8(14)10(16)11(17)9(5)15/h2-17H,1H2. The maximum atomic E-state index is 9.95. The Hall–Kier alpha value is -0.240. The molecule has 3 fully saturated rings. The molecule has 0 saturated heterocycles. The number of hydrogen-bond acceptors (Lipinski definition) is 6. The molecule has 0 aromatic carbocycles. The fourth-order valence-electron chi connectivity index (χ4n) is 4.26. The van der Waals surface area contributed by atoms with Crippen molar-refractivity contribution >= 4 is 0 Å².